The zero-order valence-corrected chi connectivity index (χ0v) is 23.2. The van der Waals surface area contributed by atoms with Crippen LogP contribution in [0.2, 0.25) is 0 Å². The number of hydrogen-bond acceptors (Lipinski definition) is 6. The summed E-state index contributed by atoms with van der Waals surface area (Å²) in [7, 11) is -0.363. The Morgan fingerprint density at radius 2 is 1.71 bits per heavy atom. The number of carbonyl (C=O) groups excluding carboxylic acids is 1. The van der Waals surface area contributed by atoms with Gasteiger partial charge < -0.3 is 4.74 Å². The smallest absolute Gasteiger partial charge is 0.260 e. The monoisotopic (exact) mass is 549 g/mol. The molecule has 3 aromatic carbocycles. The van der Waals surface area contributed by atoms with E-state index in [9.17, 15) is 13.2 Å². The summed E-state index contributed by atoms with van der Waals surface area (Å²) in [6, 6.07) is 21.6. The average molecular weight is 550 g/mol. The molecule has 1 aromatic heterocycles. The van der Waals surface area contributed by atoms with Crippen molar-refractivity contribution >= 4 is 42.6 Å². The van der Waals surface area contributed by atoms with Crippen LogP contribution < -0.4 is 9.64 Å². The first-order valence-electron chi connectivity index (χ1n) is 12.8. The first kappa shape index (κ1) is 26.3. The van der Waals surface area contributed by atoms with Crippen molar-refractivity contribution in [2.75, 3.05) is 19.1 Å². The van der Waals surface area contributed by atoms with Gasteiger partial charge in [-0.25, -0.2) is 13.4 Å². The second-order valence-electron chi connectivity index (χ2n) is 9.54. The molecule has 4 aromatic rings. The van der Waals surface area contributed by atoms with Crippen molar-refractivity contribution in [3.05, 3.63) is 83.9 Å². The summed E-state index contributed by atoms with van der Waals surface area (Å²) >= 11 is 1.42. The third kappa shape index (κ3) is 5.45. The minimum atomic E-state index is -3.64. The third-order valence-electron chi connectivity index (χ3n) is 7.11. The van der Waals surface area contributed by atoms with Crippen LogP contribution in [0.15, 0.2) is 77.7 Å². The first-order valence-corrected chi connectivity index (χ1v) is 15.0. The number of amides is 1. The quantitative estimate of drug-likeness (QED) is 0.265. The molecule has 0 saturated heterocycles. The standard InChI is InChI=1S/C29H31N3O4S2/c1-31(23-11-7-4-8-12-23)38(34,35)25-16-13-22(14-17-25)28(33)32(20-21-9-5-3-6-10-21)29-30-26-18-15-24(36-2)19-27(26)37-29/h3,5-6,9-10,13-19,23H,4,7-8,11-12,20H2,1-2H3. The molecule has 1 saturated carbocycles. The Morgan fingerprint density at radius 3 is 2.39 bits per heavy atom. The van der Waals surface area contributed by atoms with Crippen molar-refractivity contribution < 1.29 is 17.9 Å². The lowest BCUT2D eigenvalue weighted by molar-refractivity contribution is 0.0985. The number of fused-ring (bicyclic) bond motifs is 1. The van der Waals surface area contributed by atoms with E-state index in [1.54, 1.807) is 31.2 Å². The Hall–Kier alpha value is -3.27. The van der Waals surface area contributed by atoms with Gasteiger partial charge in [0.25, 0.3) is 5.91 Å². The lowest BCUT2D eigenvalue weighted by Crippen LogP contribution is -2.38. The summed E-state index contributed by atoms with van der Waals surface area (Å²) in [6.45, 7) is 0.334. The summed E-state index contributed by atoms with van der Waals surface area (Å²) in [4.78, 5) is 20.4. The molecule has 198 valence electrons. The lowest BCUT2D eigenvalue weighted by atomic mass is 9.96. The molecule has 7 nitrogen and oxygen atoms in total. The number of hydrogen-bond donors (Lipinski definition) is 0. The normalized spacial score (nSPS) is 14.6. The van der Waals surface area contributed by atoms with Crippen LogP contribution in [-0.4, -0.2) is 43.8 Å². The Kier molecular flexibility index (Phi) is 7.78. The minimum absolute atomic E-state index is 0.0223. The fourth-order valence-electron chi connectivity index (χ4n) is 4.86. The van der Waals surface area contributed by atoms with E-state index in [1.165, 1.54) is 27.8 Å². The molecule has 1 amide bonds. The Labute approximate surface area is 227 Å². The van der Waals surface area contributed by atoms with Crippen LogP contribution >= 0.6 is 11.3 Å². The van der Waals surface area contributed by atoms with Gasteiger partial charge in [0.05, 0.1) is 28.8 Å². The Morgan fingerprint density at radius 1 is 1.00 bits per heavy atom. The molecule has 0 unspecified atom stereocenters. The highest BCUT2D eigenvalue weighted by Crippen LogP contribution is 2.33. The van der Waals surface area contributed by atoms with Gasteiger partial charge in [-0.3, -0.25) is 9.69 Å². The van der Waals surface area contributed by atoms with E-state index in [2.05, 4.69) is 0 Å². The number of thiazole rings is 1. The van der Waals surface area contributed by atoms with Crippen LogP contribution in [-0.2, 0) is 16.6 Å². The van der Waals surface area contributed by atoms with Crippen molar-refractivity contribution in [2.45, 2.75) is 49.6 Å². The number of ether oxygens (including phenoxy) is 1. The highest BCUT2D eigenvalue weighted by molar-refractivity contribution is 7.89. The first-order chi connectivity index (χ1) is 18.4. The maximum atomic E-state index is 13.8. The van der Waals surface area contributed by atoms with E-state index in [0.717, 1.165) is 53.6 Å². The summed E-state index contributed by atoms with van der Waals surface area (Å²) in [5, 5.41) is 0.566. The van der Waals surface area contributed by atoms with E-state index in [-0.39, 0.29) is 16.8 Å². The van der Waals surface area contributed by atoms with Gasteiger partial charge >= 0.3 is 0 Å². The molecule has 0 radical (unpaired) electrons. The molecule has 1 heterocycles. The van der Waals surface area contributed by atoms with Gasteiger partial charge in [0.1, 0.15) is 5.75 Å². The van der Waals surface area contributed by atoms with Crippen molar-refractivity contribution in [3.8, 4) is 5.75 Å². The molecular formula is C29H31N3O4S2. The summed E-state index contributed by atoms with van der Waals surface area (Å²) in [5.41, 5.74) is 2.15. The van der Waals surface area contributed by atoms with Gasteiger partial charge in [0.15, 0.2) is 5.13 Å². The molecular weight excluding hydrogens is 518 g/mol. The van der Waals surface area contributed by atoms with E-state index < -0.39 is 10.0 Å². The van der Waals surface area contributed by atoms with E-state index in [0.29, 0.717) is 17.2 Å². The second-order valence-corrected chi connectivity index (χ2v) is 12.6. The van der Waals surface area contributed by atoms with E-state index >= 15 is 0 Å². The molecule has 1 aliphatic carbocycles. The Balaban J connectivity index is 1.44. The van der Waals surface area contributed by atoms with Crippen molar-refractivity contribution in [2.24, 2.45) is 0 Å². The van der Waals surface area contributed by atoms with Crippen LogP contribution in [0.4, 0.5) is 5.13 Å². The summed E-state index contributed by atoms with van der Waals surface area (Å²) in [5.74, 6) is 0.480. The average Bonchev–Trinajstić information content (AvgIpc) is 3.39. The maximum absolute atomic E-state index is 13.8. The Bertz CT molecular complexity index is 1510. The van der Waals surface area contributed by atoms with Gasteiger partial charge in [-0.15, -0.1) is 0 Å². The summed E-state index contributed by atoms with van der Waals surface area (Å²) < 4.78 is 34.3. The molecule has 0 aliphatic heterocycles. The number of benzene rings is 3. The highest BCUT2D eigenvalue weighted by Gasteiger charge is 2.29. The van der Waals surface area contributed by atoms with Crippen LogP contribution in [0, 0.1) is 0 Å². The van der Waals surface area contributed by atoms with Gasteiger partial charge in [-0.2, -0.15) is 4.31 Å². The van der Waals surface area contributed by atoms with Crippen molar-refractivity contribution in [1.29, 1.82) is 0 Å². The lowest BCUT2D eigenvalue weighted by Gasteiger charge is -2.30. The molecule has 9 heteroatoms. The van der Waals surface area contributed by atoms with Gasteiger partial charge in [0, 0.05) is 18.7 Å². The third-order valence-corrected chi connectivity index (χ3v) is 10.1. The SMILES string of the molecule is COc1ccc2nc(N(Cc3ccccc3)C(=O)c3ccc(S(=O)(=O)N(C)C4CCCCC4)cc3)sc2c1. The molecule has 38 heavy (non-hydrogen) atoms. The predicted molar refractivity (Wildman–Crippen MR) is 151 cm³/mol. The molecule has 0 N–H and O–H groups in total. The van der Waals surface area contributed by atoms with Crippen LogP contribution in [0.1, 0.15) is 48.0 Å². The predicted octanol–water partition coefficient (Wildman–Crippen LogP) is 6.11. The zero-order valence-electron chi connectivity index (χ0n) is 21.5. The number of anilines is 1. The fourth-order valence-corrected chi connectivity index (χ4v) is 7.27. The van der Waals surface area contributed by atoms with Gasteiger partial charge in [-0.1, -0.05) is 60.9 Å². The topological polar surface area (TPSA) is 79.8 Å². The molecule has 0 bridgehead atoms. The number of carbonyl (C=O) groups is 1. The van der Waals surface area contributed by atoms with Crippen molar-refractivity contribution in [1.82, 2.24) is 9.29 Å². The zero-order chi connectivity index (χ0) is 26.7. The van der Waals surface area contributed by atoms with Crippen LogP contribution in [0.25, 0.3) is 10.2 Å². The molecule has 1 fully saturated rings. The van der Waals surface area contributed by atoms with Gasteiger partial charge in [-0.05, 0) is 60.9 Å². The molecule has 0 atom stereocenters. The fraction of sp³-hybridized carbons (Fsp3) is 0.310. The number of aromatic nitrogens is 1. The number of sulfonamides is 1. The molecule has 1 aliphatic rings. The minimum Gasteiger partial charge on any atom is -0.497 e. The van der Waals surface area contributed by atoms with Gasteiger partial charge in [0.2, 0.25) is 10.0 Å². The maximum Gasteiger partial charge on any atom is 0.260 e. The molecule has 0 spiro atoms. The summed E-state index contributed by atoms with van der Waals surface area (Å²) in [6.07, 6.45) is 5.02. The van der Waals surface area contributed by atoms with Crippen LogP contribution in [0.3, 0.4) is 0 Å². The second kappa shape index (κ2) is 11.2. The van der Waals surface area contributed by atoms with E-state index in [4.69, 9.17) is 9.72 Å². The van der Waals surface area contributed by atoms with E-state index in [1.807, 2.05) is 48.5 Å². The van der Waals surface area contributed by atoms with Crippen LogP contribution in [0.5, 0.6) is 5.75 Å². The molecule has 5 rings (SSSR count). The largest absolute Gasteiger partial charge is 0.497 e. The number of nitrogens with zero attached hydrogens (tertiary/aromatic N) is 3. The van der Waals surface area contributed by atoms with Crippen molar-refractivity contribution in [3.63, 3.8) is 0 Å². The number of rotatable bonds is 8. The highest BCUT2D eigenvalue weighted by atomic mass is 32.2. The number of methoxy groups -OCH3 is 1.